The number of nitrogens with one attached hydrogen (secondary N) is 3. The zero-order chi connectivity index (χ0) is 11.4. The van der Waals surface area contributed by atoms with Crippen LogP contribution in [0.4, 0.5) is 0 Å². The molecule has 3 N–H and O–H groups in total. The van der Waals surface area contributed by atoms with E-state index in [1.54, 1.807) is 12.4 Å². The molecule has 0 saturated carbocycles. The maximum atomic E-state index is 11.9. The third kappa shape index (κ3) is 2.61. The van der Waals surface area contributed by atoms with Gasteiger partial charge in [0.1, 0.15) is 0 Å². The van der Waals surface area contributed by atoms with E-state index in [1.165, 1.54) is 6.42 Å². The van der Waals surface area contributed by atoms with Gasteiger partial charge in [-0.3, -0.25) is 9.89 Å². The number of amides is 1. The van der Waals surface area contributed by atoms with E-state index >= 15 is 0 Å². The Morgan fingerprint density at radius 1 is 1.62 bits per heavy atom. The number of carbonyl (C=O) groups excluding carboxylic acids is 1. The zero-order valence-corrected chi connectivity index (χ0v) is 9.49. The van der Waals surface area contributed by atoms with Crippen molar-refractivity contribution >= 4 is 5.91 Å². The molecule has 0 spiro atoms. The molecule has 1 aliphatic heterocycles. The average Bonchev–Trinajstić information content (AvgIpc) is 2.83. The quantitative estimate of drug-likeness (QED) is 0.706. The second kappa shape index (κ2) is 5.12. The van der Waals surface area contributed by atoms with Gasteiger partial charge in [-0.25, -0.2) is 0 Å². The van der Waals surface area contributed by atoms with Crippen LogP contribution in [-0.4, -0.2) is 28.7 Å². The molecule has 1 aromatic heterocycles. The summed E-state index contributed by atoms with van der Waals surface area (Å²) in [5, 5.41) is 12.8. The second-order valence-electron chi connectivity index (χ2n) is 4.26. The topological polar surface area (TPSA) is 69.8 Å². The van der Waals surface area contributed by atoms with E-state index in [9.17, 15) is 4.79 Å². The van der Waals surface area contributed by atoms with Crippen LogP contribution in [0.5, 0.6) is 0 Å². The van der Waals surface area contributed by atoms with Crippen molar-refractivity contribution in [3.8, 4) is 0 Å². The third-order valence-corrected chi connectivity index (χ3v) is 3.00. The molecule has 1 aromatic rings. The van der Waals surface area contributed by atoms with Gasteiger partial charge in [-0.15, -0.1) is 0 Å². The number of aromatic amines is 1. The highest BCUT2D eigenvalue weighted by molar-refractivity contribution is 5.82. The minimum Gasteiger partial charge on any atom is -0.348 e. The van der Waals surface area contributed by atoms with Crippen molar-refractivity contribution in [2.45, 2.75) is 38.3 Å². The first-order valence-corrected chi connectivity index (χ1v) is 5.80. The highest BCUT2D eigenvalue weighted by Gasteiger charge is 2.22. The molecule has 2 atom stereocenters. The lowest BCUT2D eigenvalue weighted by atomic mass is 10.0. The first-order valence-electron chi connectivity index (χ1n) is 5.80. The van der Waals surface area contributed by atoms with Crippen LogP contribution in [0.1, 0.15) is 37.8 Å². The van der Waals surface area contributed by atoms with Gasteiger partial charge in [0.05, 0.1) is 18.3 Å². The number of carbonyl (C=O) groups is 1. The van der Waals surface area contributed by atoms with Crippen molar-refractivity contribution in [2.24, 2.45) is 0 Å². The number of rotatable bonds is 3. The SMILES string of the molecule is CC(NC(=O)[C@H]1CCCCN1)c1cn[nH]c1. The fourth-order valence-electron chi connectivity index (χ4n) is 1.97. The minimum atomic E-state index is -0.0249. The summed E-state index contributed by atoms with van der Waals surface area (Å²) in [6.07, 6.45) is 6.77. The fourth-order valence-corrected chi connectivity index (χ4v) is 1.97. The van der Waals surface area contributed by atoms with Gasteiger partial charge < -0.3 is 10.6 Å². The predicted molar refractivity (Wildman–Crippen MR) is 60.8 cm³/mol. The molecular formula is C11H18N4O. The molecule has 16 heavy (non-hydrogen) atoms. The van der Waals surface area contributed by atoms with Gasteiger partial charge in [0, 0.05) is 11.8 Å². The van der Waals surface area contributed by atoms with Gasteiger partial charge in [0.15, 0.2) is 0 Å². The van der Waals surface area contributed by atoms with E-state index in [4.69, 9.17) is 0 Å². The van der Waals surface area contributed by atoms with Crippen LogP contribution in [0.25, 0.3) is 0 Å². The van der Waals surface area contributed by atoms with Crippen molar-refractivity contribution in [3.63, 3.8) is 0 Å². The summed E-state index contributed by atoms with van der Waals surface area (Å²) in [7, 11) is 0. The van der Waals surface area contributed by atoms with Crippen molar-refractivity contribution < 1.29 is 4.79 Å². The van der Waals surface area contributed by atoms with Crippen LogP contribution in [0.3, 0.4) is 0 Å². The monoisotopic (exact) mass is 222 g/mol. The smallest absolute Gasteiger partial charge is 0.237 e. The molecule has 0 aliphatic carbocycles. The van der Waals surface area contributed by atoms with E-state index in [2.05, 4.69) is 20.8 Å². The Hall–Kier alpha value is -1.36. The standard InChI is InChI=1S/C11H18N4O/c1-8(9-6-13-14-7-9)15-11(16)10-4-2-3-5-12-10/h6-8,10,12H,2-5H2,1H3,(H,13,14)(H,15,16)/t8?,10-/m1/s1. The molecule has 1 aliphatic rings. The second-order valence-corrected chi connectivity index (χ2v) is 4.26. The molecule has 5 nitrogen and oxygen atoms in total. The molecular weight excluding hydrogens is 204 g/mol. The van der Waals surface area contributed by atoms with Crippen molar-refractivity contribution in [3.05, 3.63) is 18.0 Å². The summed E-state index contributed by atoms with van der Waals surface area (Å²) >= 11 is 0. The van der Waals surface area contributed by atoms with E-state index in [0.29, 0.717) is 0 Å². The Bertz CT molecular complexity index is 330. The first-order chi connectivity index (χ1) is 7.77. The molecule has 5 heteroatoms. The Morgan fingerprint density at radius 3 is 3.12 bits per heavy atom. The Labute approximate surface area is 95.0 Å². The highest BCUT2D eigenvalue weighted by Crippen LogP contribution is 2.12. The fraction of sp³-hybridized carbons (Fsp3) is 0.636. The average molecular weight is 222 g/mol. The van der Waals surface area contributed by atoms with Crippen LogP contribution in [0, 0.1) is 0 Å². The lowest BCUT2D eigenvalue weighted by molar-refractivity contribution is -0.124. The third-order valence-electron chi connectivity index (χ3n) is 3.00. The van der Waals surface area contributed by atoms with Crippen LogP contribution < -0.4 is 10.6 Å². The van der Waals surface area contributed by atoms with E-state index in [0.717, 1.165) is 24.9 Å². The molecule has 2 heterocycles. The summed E-state index contributed by atoms with van der Waals surface area (Å²) in [6, 6.07) is -0.0157. The molecule has 0 aromatic carbocycles. The zero-order valence-electron chi connectivity index (χ0n) is 9.49. The predicted octanol–water partition coefficient (Wildman–Crippen LogP) is 0.729. The van der Waals surface area contributed by atoms with Crippen LogP contribution in [0.2, 0.25) is 0 Å². The highest BCUT2D eigenvalue weighted by atomic mass is 16.2. The maximum Gasteiger partial charge on any atom is 0.237 e. The maximum absolute atomic E-state index is 11.9. The minimum absolute atomic E-state index is 0.00924. The number of nitrogens with zero attached hydrogens (tertiary/aromatic N) is 1. The van der Waals surface area contributed by atoms with Crippen LogP contribution in [0.15, 0.2) is 12.4 Å². The van der Waals surface area contributed by atoms with Gasteiger partial charge in [0.25, 0.3) is 0 Å². The first kappa shape index (κ1) is 11.1. The number of H-pyrrole nitrogens is 1. The normalized spacial score (nSPS) is 22.7. The number of aromatic nitrogens is 2. The van der Waals surface area contributed by atoms with Crippen molar-refractivity contribution in [2.75, 3.05) is 6.54 Å². The lowest BCUT2D eigenvalue weighted by Gasteiger charge is -2.24. The molecule has 2 rings (SSSR count). The van der Waals surface area contributed by atoms with Gasteiger partial charge in [0.2, 0.25) is 5.91 Å². The van der Waals surface area contributed by atoms with E-state index in [1.807, 2.05) is 6.92 Å². The molecule has 1 unspecified atom stereocenters. The van der Waals surface area contributed by atoms with E-state index < -0.39 is 0 Å². The van der Waals surface area contributed by atoms with Gasteiger partial charge >= 0.3 is 0 Å². The molecule has 0 radical (unpaired) electrons. The van der Waals surface area contributed by atoms with Gasteiger partial charge in [-0.05, 0) is 26.3 Å². The van der Waals surface area contributed by atoms with Gasteiger partial charge in [-0.1, -0.05) is 6.42 Å². The number of piperidine rings is 1. The van der Waals surface area contributed by atoms with Gasteiger partial charge in [-0.2, -0.15) is 5.10 Å². The molecule has 0 bridgehead atoms. The lowest BCUT2D eigenvalue weighted by Crippen LogP contribution is -2.47. The van der Waals surface area contributed by atoms with E-state index in [-0.39, 0.29) is 18.0 Å². The Morgan fingerprint density at radius 2 is 2.50 bits per heavy atom. The largest absolute Gasteiger partial charge is 0.348 e. The van der Waals surface area contributed by atoms with Crippen LogP contribution in [-0.2, 0) is 4.79 Å². The summed E-state index contributed by atoms with van der Waals surface area (Å²) < 4.78 is 0. The molecule has 1 fully saturated rings. The van der Waals surface area contributed by atoms with Crippen LogP contribution >= 0.6 is 0 Å². The Kier molecular flexibility index (Phi) is 3.56. The molecule has 1 saturated heterocycles. The summed E-state index contributed by atoms with van der Waals surface area (Å²) in [6.45, 7) is 2.91. The summed E-state index contributed by atoms with van der Waals surface area (Å²) in [5.41, 5.74) is 1.00. The number of hydrogen-bond acceptors (Lipinski definition) is 3. The van der Waals surface area contributed by atoms with Crippen molar-refractivity contribution in [1.82, 2.24) is 20.8 Å². The molecule has 88 valence electrons. The molecule has 1 amide bonds. The van der Waals surface area contributed by atoms with Crippen molar-refractivity contribution in [1.29, 1.82) is 0 Å². The summed E-state index contributed by atoms with van der Waals surface area (Å²) in [5.74, 6) is 0.0911. The summed E-state index contributed by atoms with van der Waals surface area (Å²) in [4.78, 5) is 11.9. The number of hydrogen-bond donors (Lipinski definition) is 3. The Balaban J connectivity index is 1.86.